The van der Waals surface area contributed by atoms with Crippen LogP contribution in [0.25, 0.3) is 5.57 Å². The standard InChI is InChI=1S/C17H16O6S2/c1-2-13-23-25(21,22)17(24(18,19)20)16(14-9-5-3-6-10-14)15-11-7-4-8-12-15/h2-12H,1,13H2,(H,18,19,20). The van der Waals surface area contributed by atoms with Crippen molar-refractivity contribution < 1.29 is 25.6 Å². The molecule has 0 saturated carbocycles. The van der Waals surface area contributed by atoms with Gasteiger partial charge in [0.2, 0.25) is 4.24 Å². The van der Waals surface area contributed by atoms with Gasteiger partial charge in [0.25, 0.3) is 0 Å². The van der Waals surface area contributed by atoms with Crippen LogP contribution in [0.3, 0.4) is 0 Å². The molecule has 0 saturated heterocycles. The van der Waals surface area contributed by atoms with Gasteiger partial charge in [-0.3, -0.25) is 8.74 Å². The van der Waals surface area contributed by atoms with E-state index in [1.54, 1.807) is 36.4 Å². The van der Waals surface area contributed by atoms with E-state index in [2.05, 4.69) is 10.8 Å². The predicted molar refractivity (Wildman–Crippen MR) is 95.5 cm³/mol. The molecule has 2 aromatic rings. The molecule has 0 fully saturated rings. The van der Waals surface area contributed by atoms with Crippen molar-refractivity contribution in [3.8, 4) is 0 Å². The molecule has 2 aromatic carbocycles. The quantitative estimate of drug-likeness (QED) is 0.451. The van der Waals surface area contributed by atoms with Crippen LogP contribution in [0.1, 0.15) is 11.1 Å². The Hall–Kier alpha value is -2.26. The fourth-order valence-electron chi connectivity index (χ4n) is 2.19. The first-order chi connectivity index (χ1) is 11.8. The van der Waals surface area contributed by atoms with Crippen molar-refractivity contribution in [2.45, 2.75) is 0 Å². The summed E-state index contributed by atoms with van der Waals surface area (Å²) in [6.45, 7) is 2.90. The second-order valence-electron chi connectivity index (χ2n) is 4.90. The summed E-state index contributed by atoms with van der Waals surface area (Å²) in [4.78, 5) is 0. The Balaban J connectivity index is 2.91. The number of benzene rings is 2. The Bertz CT molecular complexity index is 934. The minimum absolute atomic E-state index is 0.173. The average Bonchev–Trinajstić information content (AvgIpc) is 2.58. The van der Waals surface area contributed by atoms with Crippen LogP contribution in [0.4, 0.5) is 0 Å². The molecule has 0 aliphatic carbocycles. The molecule has 0 amide bonds. The van der Waals surface area contributed by atoms with E-state index in [1.165, 1.54) is 24.3 Å². The fourth-order valence-corrected chi connectivity index (χ4v) is 4.72. The van der Waals surface area contributed by atoms with E-state index in [0.29, 0.717) is 11.1 Å². The lowest BCUT2D eigenvalue weighted by molar-refractivity contribution is 0.363. The smallest absolute Gasteiger partial charge is 0.281 e. The summed E-state index contributed by atoms with van der Waals surface area (Å²) in [5, 5.41) is 0. The maximum atomic E-state index is 12.5. The minimum Gasteiger partial charge on any atom is -0.281 e. The third-order valence-corrected chi connectivity index (χ3v) is 6.15. The topological polar surface area (TPSA) is 97.7 Å². The van der Waals surface area contributed by atoms with Gasteiger partial charge in [0.1, 0.15) is 0 Å². The summed E-state index contributed by atoms with van der Waals surface area (Å²) in [7, 11) is -9.88. The summed E-state index contributed by atoms with van der Waals surface area (Å²) in [6, 6.07) is 16.0. The molecule has 25 heavy (non-hydrogen) atoms. The van der Waals surface area contributed by atoms with Gasteiger partial charge in [-0.2, -0.15) is 16.8 Å². The molecular weight excluding hydrogens is 364 g/mol. The van der Waals surface area contributed by atoms with Gasteiger partial charge in [-0.1, -0.05) is 66.7 Å². The number of hydrogen-bond donors (Lipinski definition) is 1. The summed E-state index contributed by atoms with van der Waals surface area (Å²) >= 11 is 0. The Labute approximate surface area is 147 Å². The molecule has 0 heterocycles. The molecule has 0 atom stereocenters. The van der Waals surface area contributed by atoms with Crippen molar-refractivity contribution in [3.63, 3.8) is 0 Å². The monoisotopic (exact) mass is 380 g/mol. The molecule has 0 aliphatic rings. The predicted octanol–water partition coefficient (Wildman–Crippen LogP) is 2.82. The zero-order chi connectivity index (χ0) is 18.5. The molecule has 0 spiro atoms. The Kier molecular flexibility index (Phi) is 5.91. The molecule has 0 aliphatic heterocycles. The Morgan fingerprint density at radius 3 is 1.72 bits per heavy atom. The Morgan fingerprint density at radius 2 is 1.36 bits per heavy atom. The van der Waals surface area contributed by atoms with Crippen LogP contribution in [-0.2, 0) is 24.4 Å². The molecule has 2 rings (SSSR count). The summed E-state index contributed by atoms with van der Waals surface area (Å²) in [5.41, 5.74) is 0.423. The lowest BCUT2D eigenvalue weighted by atomic mass is 10.00. The molecule has 1 N–H and O–H groups in total. The SMILES string of the molecule is C=CCOS(=O)(=O)C(=C(c1ccccc1)c1ccccc1)S(=O)(=O)O. The van der Waals surface area contributed by atoms with Crippen molar-refractivity contribution in [3.05, 3.63) is 88.7 Å². The highest BCUT2D eigenvalue weighted by molar-refractivity contribution is 8.10. The van der Waals surface area contributed by atoms with E-state index >= 15 is 0 Å². The third kappa shape index (κ3) is 4.64. The molecule has 0 unspecified atom stereocenters. The number of hydrogen-bond acceptors (Lipinski definition) is 5. The maximum absolute atomic E-state index is 12.5. The lowest BCUT2D eigenvalue weighted by Gasteiger charge is -2.14. The van der Waals surface area contributed by atoms with E-state index < -0.39 is 31.1 Å². The minimum atomic E-state index is -5.12. The average molecular weight is 380 g/mol. The van der Waals surface area contributed by atoms with Crippen molar-refractivity contribution in [2.75, 3.05) is 6.61 Å². The molecule has 0 bridgehead atoms. The van der Waals surface area contributed by atoms with Gasteiger partial charge in [0.15, 0.2) is 0 Å². The normalized spacial score (nSPS) is 11.7. The van der Waals surface area contributed by atoms with E-state index in [4.69, 9.17) is 0 Å². The highest BCUT2D eigenvalue weighted by Crippen LogP contribution is 2.33. The summed E-state index contributed by atoms with van der Waals surface area (Å²) in [5.74, 6) is 0. The van der Waals surface area contributed by atoms with Crippen LogP contribution in [-0.4, -0.2) is 28.0 Å². The van der Waals surface area contributed by atoms with Gasteiger partial charge in [0, 0.05) is 5.57 Å². The molecule has 8 heteroatoms. The van der Waals surface area contributed by atoms with Crippen LogP contribution in [0.2, 0.25) is 0 Å². The first-order valence-corrected chi connectivity index (χ1v) is 9.95. The zero-order valence-corrected chi connectivity index (χ0v) is 14.7. The van der Waals surface area contributed by atoms with Gasteiger partial charge in [-0.25, -0.2) is 0 Å². The second kappa shape index (κ2) is 7.75. The van der Waals surface area contributed by atoms with E-state index in [-0.39, 0.29) is 5.57 Å². The molecular formula is C17H16O6S2. The highest BCUT2D eigenvalue weighted by Gasteiger charge is 2.35. The van der Waals surface area contributed by atoms with Gasteiger partial charge in [-0.15, -0.1) is 6.58 Å². The van der Waals surface area contributed by atoms with Gasteiger partial charge in [0.05, 0.1) is 6.61 Å². The first kappa shape index (κ1) is 19.1. The fraction of sp³-hybridized carbons (Fsp3) is 0.0588. The van der Waals surface area contributed by atoms with Crippen LogP contribution >= 0.6 is 0 Å². The summed E-state index contributed by atoms with van der Waals surface area (Å²) < 4.78 is 61.9. The Morgan fingerprint density at radius 1 is 0.920 bits per heavy atom. The van der Waals surface area contributed by atoms with Crippen LogP contribution in [0.15, 0.2) is 77.6 Å². The molecule has 6 nitrogen and oxygen atoms in total. The van der Waals surface area contributed by atoms with Crippen molar-refractivity contribution in [2.24, 2.45) is 0 Å². The lowest BCUT2D eigenvalue weighted by Crippen LogP contribution is -2.19. The van der Waals surface area contributed by atoms with Crippen LogP contribution < -0.4 is 0 Å². The van der Waals surface area contributed by atoms with Crippen molar-refractivity contribution in [1.82, 2.24) is 0 Å². The van der Waals surface area contributed by atoms with Gasteiger partial charge in [-0.05, 0) is 11.1 Å². The maximum Gasteiger partial charge on any atom is 0.311 e. The molecule has 0 radical (unpaired) electrons. The molecule has 132 valence electrons. The second-order valence-corrected chi connectivity index (χ2v) is 8.07. The van der Waals surface area contributed by atoms with Crippen molar-refractivity contribution in [1.29, 1.82) is 0 Å². The first-order valence-electron chi connectivity index (χ1n) is 7.10. The van der Waals surface area contributed by atoms with Crippen LogP contribution in [0.5, 0.6) is 0 Å². The van der Waals surface area contributed by atoms with Crippen molar-refractivity contribution >= 4 is 25.8 Å². The third-order valence-electron chi connectivity index (χ3n) is 3.13. The largest absolute Gasteiger partial charge is 0.311 e. The molecule has 0 aromatic heterocycles. The summed E-state index contributed by atoms with van der Waals surface area (Å²) in [6.07, 6.45) is 1.16. The van der Waals surface area contributed by atoms with Crippen LogP contribution in [0, 0.1) is 0 Å². The highest BCUT2D eigenvalue weighted by atomic mass is 32.3. The van der Waals surface area contributed by atoms with Gasteiger partial charge >= 0.3 is 20.2 Å². The zero-order valence-electron chi connectivity index (χ0n) is 13.1. The van der Waals surface area contributed by atoms with E-state index in [1.807, 2.05) is 0 Å². The van der Waals surface area contributed by atoms with Gasteiger partial charge < -0.3 is 0 Å². The van der Waals surface area contributed by atoms with E-state index in [9.17, 15) is 21.4 Å². The number of rotatable bonds is 7. The van der Waals surface area contributed by atoms with E-state index in [0.717, 1.165) is 6.08 Å².